The van der Waals surface area contributed by atoms with Crippen molar-refractivity contribution in [1.29, 1.82) is 0 Å². The first kappa shape index (κ1) is 20.1. The van der Waals surface area contributed by atoms with E-state index in [1.54, 1.807) is 6.07 Å². The first-order valence-corrected chi connectivity index (χ1v) is 9.55. The molecule has 1 aliphatic rings. The summed E-state index contributed by atoms with van der Waals surface area (Å²) in [6.45, 7) is 2.84. The van der Waals surface area contributed by atoms with E-state index in [1.165, 1.54) is 12.1 Å². The molecule has 0 N–H and O–H groups in total. The summed E-state index contributed by atoms with van der Waals surface area (Å²) >= 11 is 6.13. The molecule has 0 aliphatic carbocycles. The summed E-state index contributed by atoms with van der Waals surface area (Å²) in [7, 11) is -3.09. The molecule has 9 heteroatoms. The molecule has 1 saturated heterocycles. The summed E-state index contributed by atoms with van der Waals surface area (Å²) < 4.78 is 58.4. The smallest absolute Gasteiger partial charge is 0.307 e. The predicted octanol–water partition coefficient (Wildman–Crippen LogP) is 3.42. The third kappa shape index (κ3) is 4.30. The van der Waals surface area contributed by atoms with E-state index >= 15 is 0 Å². The maximum Gasteiger partial charge on any atom is 0.307 e. The topological polar surface area (TPSA) is 63.7 Å². The van der Waals surface area contributed by atoms with E-state index in [2.05, 4.69) is 4.74 Å². The maximum atomic E-state index is 13.8. The molecule has 0 radical (unpaired) electrons. The molecule has 140 valence electrons. The van der Waals surface area contributed by atoms with Crippen LogP contribution in [0.2, 0.25) is 5.02 Å². The molecule has 0 aromatic heterocycles. The van der Waals surface area contributed by atoms with E-state index < -0.39 is 47.3 Å². The number of esters is 1. The predicted molar refractivity (Wildman–Crippen MR) is 89.4 cm³/mol. The molecule has 1 aromatic rings. The van der Waals surface area contributed by atoms with Crippen molar-refractivity contribution < 1.29 is 26.7 Å². The zero-order chi connectivity index (χ0) is 19.0. The van der Waals surface area contributed by atoms with Crippen LogP contribution in [-0.2, 0) is 19.6 Å². The number of halogens is 3. The molecule has 0 amide bonds. The number of carbonyl (C=O) groups is 1. The second-order valence-corrected chi connectivity index (χ2v) is 8.68. The summed E-state index contributed by atoms with van der Waals surface area (Å²) in [5.74, 6) is -3.85. The van der Waals surface area contributed by atoms with Gasteiger partial charge in [0.05, 0.1) is 25.0 Å². The van der Waals surface area contributed by atoms with Crippen molar-refractivity contribution in [2.45, 2.75) is 49.5 Å². The van der Waals surface area contributed by atoms with E-state index in [0.29, 0.717) is 4.31 Å². The fourth-order valence-electron chi connectivity index (χ4n) is 2.87. The Kier molecular flexibility index (Phi) is 5.75. The average molecular weight is 396 g/mol. The zero-order valence-electron chi connectivity index (χ0n) is 14.1. The van der Waals surface area contributed by atoms with Crippen molar-refractivity contribution >= 4 is 27.6 Å². The van der Waals surface area contributed by atoms with Crippen molar-refractivity contribution in [3.8, 4) is 0 Å². The third-order valence-corrected chi connectivity index (χ3v) is 6.38. The van der Waals surface area contributed by atoms with Gasteiger partial charge < -0.3 is 4.74 Å². The van der Waals surface area contributed by atoms with E-state index in [-0.39, 0.29) is 15.8 Å². The van der Waals surface area contributed by atoms with Gasteiger partial charge in [0.25, 0.3) is 5.92 Å². The molecule has 1 heterocycles. The van der Waals surface area contributed by atoms with Crippen molar-refractivity contribution in [3.63, 3.8) is 0 Å². The van der Waals surface area contributed by atoms with Crippen molar-refractivity contribution in [3.05, 3.63) is 28.8 Å². The lowest BCUT2D eigenvalue weighted by Crippen LogP contribution is -2.37. The molecular weight excluding hydrogens is 376 g/mol. The molecule has 2 rings (SSSR count). The molecule has 0 bridgehead atoms. The lowest BCUT2D eigenvalue weighted by Gasteiger charge is -2.23. The Labute approximate surface area is 151 Å². The number of carbonyl (C=O) groups excluding carboxylic acids is 1. The number of nitrogens with zero attached hydrogens (tertiary/aromatic N) is 1. The fourth-order valence-corrected chi connectivity index (χ4v) is 5.01. The number of alkyl halides is 2. The average Bonchev–Trinajstić information content (AvgIpc) is 2.81. The highest BCUT2D eigenvalue weighted by atomic mass is 35.5. The van der Waals surface area contributed by atoms with Gasteiger partial charge in [-0.1, -0.05) is 31.5 Å². The molecule has 1 aliphatic heterocycles. The minimum absolute atomic E-state index is 0.0902. The zero-order valence-corrected chi connectivity index (χ0v) is 15.7. The number of ether oxygens (including phenoxy) is 1. The van der Waals surface area contributed by atoms with Crippen molar-refractivity contribution in [1.82, 2.24) is 4.31 Å². The Bertz CT molecular complexity index is 767. The monoisotopic (exact) mass is 395 g/mol. The lowest BCUT2D eigenvalue weighted by molar-refractivity contribution is -0.141. The highest BCUT2D eigenvalue weighted by Crippen LogP contribution is 2.38. The number of benzene rings is 1. The van der Waals surface area contributed by atoms with Gasteiger partial charge in [-0.25, -0.2) is 17.2 Å². The van der Waals surface area contributed by atoms with Crippen LogP contribution in [0.3, 0.4) is 0 Å². The fraction of sp³-hybridized carbons (Fsp3) is 0.562. The Balaban J connectivity index is 2.39. The third-order valence-electron chi connectivity index (χ3n) is 4.16. The normalized spacial score (nSPS) is 20.8. The van der Waals surface area contributed by atoms with Gasteiger partial charge in [0, 0.05) is 17.5 Å². The molecular formula is C16H20ClF2NO4S. The Morgan fingerprint density at radius 1 is 1.44 bits per heavy atom. The minimum atomic E-state index is -4.22. The van der Waals surface area contributed by atoms with Gasteiger partial charge in [-0.15, -0.1) is 0 Å². The summed E-state index contributed by atoms with van der Waals surface area (Å²) in [5, 5.41) is 0.256. The van der Waals surface area contributed by atoms with Crippen molar-refractivity contribution in [2.75, 3.05) is 13.7 Å². The van der Waals surface area contributed by atoms with Gasteiger partial charge in [0.2, 0.25) is 10.0 Å². The summed E-state index contributed by atoms with van der Waals surface area (Å²) in [4.78, 5) is 11.3. The summed E-state index contributed by atoms with van der Waals surface area (Å²) in [6.07, 6.45) is -1.15. The van der Waals surface area contributed by atoms with E-state index in [0.717, 1.165) is 12.7 Å². The van der Waals surface area contributed by atoms with Crippen molar-refractivity contribution in [2.24, 2.45) is 0 Å². The molecule has 1 atom stereocenters. The number of methoxy groups -OCH3 is 1. The number of hydrogen-bond donors (Lipinski definition) is 0. The highest BCUT2D eigenvalue weighted by molar-refractivity contribution is 7.89. The van der Waals surface area contributed by atoms with Crippen LogP contribution < -0.4 is 0 Å². The van der Waals surface area contributed by atoms with E-state index in [1.807, 2.05) is 13.8 Å². The van der Waals surface area contributed by atoms with E-state index in [9.17, 15) is 22.0 Å². The molecule has 1 aromatic carbocycles. The number of sulfonamides is 1. The number of rotatable bonds is 5. The SMILES string of the molecule is COC(=O)C[C@@H]1CC(F)(F)CN1S(=O)(=O)c1ccc(C(C)C)c(Cl)c1. The lowest BCUT2D eigenvalue weighted by atomic mass is 10.0. The van der Waals surface area contributed by atoms with Crippen LogP contribution in [-0.4, -0.2) is 44.3 Å². The first-order valence-electron chi connectivity index (χ1n) is 7.74. The van der Waals surface area contributed by atoms with Gasteiger partial charge in [0.15, 0.2) is 0 Å². The van der Waals surface area contributed by atoms with Crippen LogP contribution in [0.15, 0.2) is 23.1 Å². The summed E-state index contributed by atoms with van der Waals surface area (Å²) in [6, 6.07) is 3.03. The molecule has 5 nitrogen and oxygen atoms in total. The van der Waals surface area contributed by atoms with Gasteiger partial charge in [0.1, 0.15) is 0 Å². The standard InChI is InChI=1S/C16H20ClF2NO4S/c1-10(2)13-5-4-12(7-14(13)17)25(22,23)20-9-16(18,19)8-11(20)6-15(21)24-3/h4-5,7,10-11H,6,8-9H2,1-3H3/t11-/m1/s1. The second kappa shape index (κ2) is 7.17. The van der Waals surface area contributed by atoms with Crippen LogP contribution in [0.1, 0.15) is 38.2 Å². The van der Waals surface area contributed by atoms with Crippen LogP contribution in [0.25, 0.3) is 0 Å². The van der Waals surface area contributed by atoms with E-state index in [4.69, 9.17) is 11.6 Å². The van der Waals surface area contributed by atoms with Gasteiger partial charge >= 0.3 is 5.97 Å². The molecule has 25 heavy (non-hydrogen) atoms. The number of hydrogen-bond acceptors (Lipinski definition) is 4. The van der Waals surface area contributed by atoms with Crippen LogP contribution in [0, 0.1) is 0 Å². The minimum Gasteiger partial charge on any atom is -0.469 e. The molecule has 0 spiro atoms. The maximum absolute atomic E-state index is 13.8. The summed E-state index contributed by atoms with van der Waals surface area (Å²) in [5.41, 5.74) is 0.762. The van der Waals surface area contributed by atoms with Crippen LogP contribution >= 0.6 is 11.6 Å². The molecule has 0 unspecified atom stereocenters. The van der Waals surface area contributed by atoms with Gasteiger partial charge in [-0.2, -0.15) is 4.31 Å². The molecule has 1 fully saturated rings. The Morgan fingerprint density at radius 2 is 2.08 bits per heavy atom. The Hall–Kier alpha value is -1.25. The van der Waals surface area contributed by atoms with Gasteiger partial charge in [-0.05, 0) is 23.6 Å². The molecule has 0 saturated carbocycles. The first-order chi connectivity index (χ1) is 11.5. The highest BCUT2D eigenvalue weighted by Gasteiger charge is 2.50. The van der Waals surface area contributed by atoms with Gasteiger partial charge in [-0.3, -0.25) is 4.79 Å². The van der Waals surface area contributed by atoms with Crippen LogP contribution in [0.4, 0.5) is 8.78 Å². The Morgan fingerprint density at radius 3 is 2.60 bits per heavy atom. The van der Waals surface area contributed by atoms with Crippen LogP contribution in [0.5, 0.6) is 0 Å². The largest absolute Gasteiger partial charge is 0.469 e. The second-order valence-electron chi connectivity index (χ2n) is 6.38. The quantitative estimate of drug-likeness (QED) is 0.716.